The first-order valence-corrected chi connectivity index (χ1v) is 6.17. The predicted molar refractivity (Wildman–Crippen MR) is 72.8 cm³/mol. The normalized spacial score (nSPS) is 11.8. The summed E-state index contributed by atoms with van der Waals surface area (Å²) in [5.41, 5.74) is 2.08. The van der Waals surface area contributed by atoms with Gasteiger partial charge in [0, 0.05) is 18.2 Å². The van der Waals surface area contributed by atoms with E-state index in [9.17, 15) is 4.39 Å². The van der Waals surface area contributed by atoms with Crippen molar-refractivity contribution >= 4 is 0 Å². The van der Waals surface area contributed by atoms with Crippen LogP contribution >= 0.6 is 0 Å². The number of nitriles is 1. The smallest absolute Gasteiger partial charge is 0.129 e. The van der Waals surface area contributed by atoms with E-state index in [1.807, 2.05) is 43.3 Å². The molecule has 0 fully saturated rings. The van der Waals surface area contributed by atoms with Crippen molar-refractivity contribution in [3.05, 3.63) is 71.0 Å². The predicted octanol–water partition coefficient (Wildman–Crippen LogP) is 3.55. The van der Waals surface area contributed by atoms with E-state index < -0.39 is 0 Å². The van der Waals surface area contributed by atoms with Crippen LogP contribution in [0.5, 0.6) is 0 Å². The average Bonchev–Trinajstić information content (AvgIpc) is 2.46. The fourth-order valence-corrected chi connectivity index (χ4v) is 1.88. The van der Waals surface area contributed by atoms with Gasteiger partial charge in [0.15, 0.2) is 0 Å². The van der Waals surface area contributed by atoms with Gasteiger partial charge in [0.25, 0.3) is 0 Å². The van der Waals surface area contributed by atoms with Crippen molar-refractivity contribution in [1.82, 2.24) is 5.32 Å². The summed E-state index contributed by atoms with van der Waals surface area (Å²) in [7, 11) is 0. The molecule has 0 radical (unpaired) electrons. The van der Waals surface area contributed by atoms with Crippen LogP contribution in [0.2, 0.25) is 0 Å². The molecule has 0 saturated carbocycles. The van der Waals surface area contributed by atoms with Gasteiger partial charge in [-0.25, -0.2) is 4.39 Å². The summed E-state index contributed by atoms with van der Waals surface area (Å²) >= 11 is 0. The van der Waals surface area contributed by atoms with Gasteiger partial charge in [-0.05, 0) is 24.6 Å². The maximum absolute atomic E-state index is 13.7. The van der Waals surface area contributed by atoms with E-state index >= 15 is 0 Å². The van der Waals surface area contributed by atoms with Crippen LogP contribution in [0.25, 0.3) is 0 Å². The molecule has 2 rings (SSSR count). The van der Waals surface area contributed by atoms with Gasteiger partial charge in [-0.15, -0.1) is 0 Å². The molecule has 0 spiro atoms. The number of hydrogen-bond acceptors (Lipinski definition) is 2. The zero-order valence-electron chi connectivity index (χ0n) is 10.7. The highest BCUT2D eigenvalue weighted by Crippen LogP contribution is 2.14. The summed E-state index contributed by atoms with van der Waals surface area (Å²) in [5, 5.41) is 12.0. The maximum Gasteiger partial charge on any atom is 0.129 e. The van der Waals surface area contributed by atoms with Crippen molar-refractivity contribution in [2.75, 3.05) is 0 Å². The Morgan fingerprint density at radius 1 is 1.21 bits per heavy atom. The van der Waals surface area contributed by atoms with Gasteiger partial charge >= 0.3 is 0 Å². The van der Waals surface area contributed by atoms with Crippen LogP contribution in [0, 0.1) is 17.1 Å². The fraction of sp³-hybridized carbons (Fsp3) is 0.188. The van der Waals surface area contributed by atoms with Crippen molar-refractivity contribution in [3.8, 4) is 6.07 Å². The first-order valence-electron chi connectivity index (χ1n) is 6.17. The van der Waals surface area contributed by atoms with Crippen LogP contribution in [0.4, 0.5) is 4.39 Å². The first kappa shape index (κ1) is 13.3. The Labute approximate surface area is 112 Å². The molecule has 0 aliphatic carbocycles. The molecule has 1 atom stereocenters. The monoisotopic (exact) mass is 254 g/mol. The summed E-state index contributed by atoms with van der Waals surface area (Å²) in [4.78, 5) is 0. The Morgan fingerprint density at radius 3 is 2.58 bits per heavy atom. The summed E-state index contributed by atoms with van der Waals surface area (Å²) in [6.07, 6.45) is 0. The summed E-state index contributed by atoms with van der Waals surface area (Å²) in [6.45, 7) is 2.48. The van der Waals surface area contributed by atoms with Crippen LogP contribution < -0.4 is 5.32 Å². The molecule has 0 saturated heterocycles. The summed E-state index contributed by atoms with van der Waals surface area (Å²) < 4.78 is 13.7. The van der Waals surface area contributed by atoms with Gasteiger partial charge in [-0.1, -0.05) is 36.4 Å². The van der Waals surface area contributed by atoms with Gasteiger partial charge in [-0.3, -0.25) is 0 Å². The average molecular weight is 254 g/mol. The third-order valence-electron chi connectivity index (χ3n) is 3.08. The molecule has 1 unspecified atom stereocenters. The second-order valence-electron chi connectivity index (χ2n) is 4.43. The van der Waals surface area contributed by atoms with E-state index in [4.69, 9.17) is 5.26 Å². The quantitative estimate of drug-likeness (QED) is 0.905. The minimum absolute atomic E-state index is 0.149. The SMILES string of the molecule is CC(NCc1ccc(C#N)cc1F)c1ccccc1. The Hall–Kier alpha value is -2.18. The minimum Gasteiger partial charge on any atom is -0.306 e. The Bertz CT molecular complexity index is 587. The molecule has 19 heavy (non-hydrogen) atoms. The number of nitrogens with one attached hydrogen (secondary N) is 1. The number of benzene rings is 2. The molecule has 0 heterocycles. The van der Waals surface area contributed by atoms with Crippen molar-refractivity contribution in [3.63, 3.8) is 0 Å². The second-order valence-corrected chi connectivity index (χ2v) is 4.43. The molecule has 3 heteroatoms. The lowest BCUT2D eigenvalue weighted by Gasteiger charge is -2.14. The van der Waals surface area contributed by atoms with E-state index in [1.165, 1.54) is 6.07 Å². The summed E-state index contributed by atoms with van der Waals surface area (Å²) in [5.74, 6) is -0.341. The van der Waals surface area contributed by atoms with Gasteiger partial charge in [0.1, 0.15) is 5.82 Å². The standard InChI is InChI=1S/C16H15FN2/c1-12(14-5-3-2-4-6-14)19-11-15-8-7-13(10-18)9-16(15)17/h2-9,12,19H,11H2,1H3. The molecule has 0 amide bonds. The van der Waals surface area contributed by atoms with Crippen molar-refractivity contribution < 1.29 is 4.39 Å². The van der Waals surface area contributed by atoms with E-state index in [2.05, 4.69) is 5.32 Å². The third kappa shape index (κ3) is 3.40. The highest BCUT2D eigenvalue weighted by Gasteiger charge is 2.07. The van der Waals surface area contributed by atoms with Crippen molar-refractivity contribution in [1.29, 1.82) is 5.26 Å². The lowest BCUT2D eigenvalue weighted by Crippen LogP contribution is -2.18. The fourth-order valence-electron chi connectivity index (χ4n) is 1.88. The highest BCUT2D eigenvalue weighted by molar-refractivity contribution is 5.33. The van der Waals surface area contributed by atoms with Crippen LogP contribution in [0.15, 0.2) is 48.5 Å². The molecule has 2 aromatic carbocycles. The topological polar surface area (TPSA) is 35.8 Å². The molecule has 0 aliphatic heterocycles. The molecular formula is C16H15FN2. The van der Waals surface area contributed by atoms with Crippen LogP contribution in [0.1, 0.15) is 29.7 Å². The molecule has 0 bridgehead atoms. The largest absolute Gasteiger partial charge is 0.306 e. The summed E-state index contributed by atoms with van der Waals surface area (Å²) in [6, 6.07) is 16.6. The Balaban J connectivity index is 2.01. The third-order valence-corrected chi connectivity index (χ3v) is 3.08. The maximum atomic E-state index is 13.7. The minimum atomic E-state index is -0.341. The second kappa shape index (κ2) is 6.12. The van der Waals surface area contributed by atoms with Gasteiger partial charge < -0.3 is 5.32 Å². The Morgan fingerprint density at radius 2 is 1.95 bits per heavy atom. The van der Waals surface area contributed by atoms with Gasteiger partial charge in [0.05, 0.1) is 11.6 Å². The molecule has 1 N–H and O–H groups in total. The molecular weight excluding hydrogens is 239 g/mol. The first-order chi connectivity index (χ1) is 9.20. The van der Waals surface area contributed by atoms with E-state index in [1.54, 1.807) is 12.1 Å². The lowest BCUT2D eigenvalue weighted by atomic mass is 10.1. The Kier molecular flexibility index (Phi) is 4.27. The zero-order valence-corrected chi connectivity index (χ0v) is 10.7. The molecule has 0 aliphatic rings. The number of nitrogens with zero attached hydrogens (tertiary/aromatic N) is 1. The van der Waals surface area contributed by atoms with Gasteiger partial charge in [0.2, 0.25) is 0 Å². The molecule has 0 aromatic heterocycles. The molecule has 2 aromatic rings. The number of halogens is 1. The van der Waals surface area contributed by atoms with Gasteiger partial charge in [-0.2, -0.15) is 5.26 Å². The van der Waals surface area contributed by atoms with Crippen LogP contribution in [0.3, 0.4) is 0 Å². The van der Waals surface area contributed by atoms with Crippen molar-refractivity contribution in [2.24, 2.45) is 0 Å². The molecule has 96 valence electrons. The van der Waals surface area contributed by atoms with E-state index in [0.29, 0.717) is 17.7 Å². The number of rotatable bonds is 4. The zero-order chi connectivity index (χ0) is 13.7. The number of hydrogen-bond donors (Lipinski definition) is 1. The van der Waals surface area contributed by atoms with Crippen LogP contribution in [-0.4, -0.2) is 0 Å². The van der Waals surface area contributed by atoms with Crippen molar-refractivity contribution in [2.45, 2.75) is 19.5 Å². The highest BCUT2D eigenvalue weighted by atomic mass is 19.1. The lowest BCUT2D eigenvalue weighted by molar-refractivity contribution is 0.544. The molecule has 2 nitrogen and oxygen atoms in total. The van der Waals surface area contributed by atoms with E-state index in [0.717, 1.165) is 5.56 Å². The van der Waals surface area contributed by atoms with E-state index in [-0.39, 0.29) is 11.9 Å². The van der Waals surface area contributed by atoms with Crippen LogP contribution in [-0.2, 0) is 6.54 Å².